The minimum Gasteiger partial charge on any atom is -0.450 e. The van der Waals surface area contributed by atoms with Crippen molar-refractivity contribution in [3.05, 3.63) is 53.1 Å². The van der Waals surface area contributed by atoms with Gasteiger partial charge in [0, 0.05) is 18.9 Å². The van der Waals surface area contributed by atoms with Crippen LogP contribution in [0.3, 0.4) is 0 Å². The Kier molecular flexibility index (Phi) is 10.8. The van der Waals surface area contributed by atoms with E-state index in [1.165, 1.54) is 4.90 Å². The molecule has 5 bridgehead atoms. The first-order valence-electron chi connectivity index (χ1n) is 19.1. The summed E-state index contributed by atoms with van der Waals surface area (Å²) in [6.45, 7) is 0.803. The maximum absolute atomic E-state index is 14.4. The van der Waals surface area contributed by atoms with Crippen LogP contribution in [-0.2, 0) is 47.0 Å². The summed E-state index contributed by atoms with van der Waals surface area (Å²) in [5.41, 5.74) is 1.58. The number of amides is 5. The Morgan fingerprint density at radius 2 is 1.74 bits per heavy atom. The van der Waals surface area contributed by atoms with Crippen molar-refractivity contribution >= 4 is 46.0 Å². The van der Waals surface area contributed by atoms with Crippen molar-refractivity contribution in [3.63, 3.8) is 0 Å². The summed E-state index contributed by atoms with van der Waals surface area (Å²) in [7, 11) is -3.89. The van der Waals surface area contributed by atoms with Crippen LogP contribution in [0.25, 0.3) is 6.08 Å². The SMILES string of the molecule is O=C1N[C@H]2CCCCCC=C[C@@H]3C[C@@]3(C(=O)NS(=O)(=O)C3CC3)NC(=O)[C@@H]3C[C@H](CN3C2=O)OC(=O)N2Cc3cccc(c3C2)C=CCCCCCO1. The van der Waals surface area contributed by atoms with Crippen LogP contribution < -0.4 is 15.4 Å². The molecule has 1 aromatic carbocycles. The number of allylic oxidation sites excluding steroid dienone is 2. The lowest BCUT2D eigenvalue weighted by molar-refractivity contribution is -0.141. The Morgan fingerprint density at radius 1 is 0.943 bits per heavy atom. The highest BCUT2D eigenvalue weighted by Crippen LogP contribution is 2.46. The summed E-state index contributed by atoms with van der Waals surface area (Å²) in [5.74, 6) is -2.43. The molecule has 4 aliphatic heterocycles. The van der Waals surface area contributed by atoms with Gasteiger partial charge < -0.3 is 25.0 Å². The number of nitrogens with zero attached hydrogens (tertiary/aromatic N) is 2. The fourth-order valence-electron chi connectivity index (χ4n) is 7.90. The lowest BCUT2D eigenvalue weighted by Crippen LogP contribution is -2.58. The second kappa shape index (κ2) is 15.5. The van der Waals surface area contributed by atoms with Gasteiger partial charge in [-0.05, 0) is 80.9 Å². The van der Waals surface area contributed by atoms with Crippen LogP contribution in [0.4, 0.5) is 9.59 Å². The molecule has 15 heteroatoms. The lowest BCUT2D eigenvalue weighted by atomic mass is 10.0. The largest absolute Gasteiger partial charge is 0.450 e. The molecule has 7 rings (SSSR count). The van der Waals surface area contributed by atoms with E-state index in [9.17, 15) is 32.4 Å². The van der Waals surface area contributed by atoms with Crippen LogP contribution in [-0.4, -0.2) is 90.3 Å². The number of nitrogens with one attached hydrogen (secondary N) is 3. The smallest absolute Gasteiger partial charge is 0.410 e. The van der Waals surface area contributed by atoms with Gasteiger partial charge in [0.2, 0.25) is 21.8 Å². The molecule has 6 aliphatic rings. The van der Waals surface area contributed by atoms with Gasteiger partial charge in [0.25, 0.3) is 5.91 Å². The Hall–Kier alpha value is -4.40. The van der Waals surface area contributed by atoms with Crippen molar-refractivity contribution in [2.75, 3.05) is 13.2 Å². The Morgan fingerprint density at radius 3 is 2.55 bits per heavy atom. The number of hydrogen-bond donors (Lipinski definition) is 3. The molecule has 1 aromatic rings. The molecule has 53 heavy (non-hydrogen) atoms. The number of fused-ring (bicyclic) bond motifs is 4. The number of carbonyl (C=O) groups excluding carboxylic acids is 5. The third kappa shape index (κ3) is 8.39. The zero-order valence-corrected chi connectivity index (χ0v) is 30.7. The van der Waals surface area contributed by atoms with Gasteiger partial charge in [0.15, 0.2) is 0 Å². The molecule has 4 heterocycles. The number of hydrogen-bond acceptors (Lipinski definition) is 9. The molecule has 286 valence electrons. The fourth-order valence-corrected chi connectivity index (χ4v) is 9.26. The first-order valence-corrected chi connectivity index (χ1v) is 20.6. The summed E-state index contributed by atoms with van der Waals surface area (Å²) in [5, 5.41) is 4.94. The van der Waals surface area contributed by atoms with Crippen molar-refractivity contribution in [2.24, 2.45) is 5.92 Å². The highest BCUT2D eigenvalue weighted by molar-refractivity contribution is 7.91. The topological polar surface area (TPSA) is 181 Å². The zero-order chi connectivity index (χ0) is 37.2. The third-order valence-electron chi connectivity index (χ3n) is 11.2. The van der Waals surface area contributed by atoms with Crippen LogP contribution >= 0.6 is 0 Å². The van der Waals surface area contributed by atoms with Crippen molar-refractivity contribution in [3.8, 4) is 0 Å². The molecule has 3 fully saturated rings. The van der Waals surface area contributed by atoms with Crippen LogP contribution in [0.15, 0.2) is 36.4 Å². The van der Waals surface area contributed by atoms with Crippen molar-refractivity contribution in [1.82, 2.24) is 25.2 Å². The summed E-state index contributed by atoms with van der Waals surface area (Å²) in [6.07, 6.45) is 13.3. The molecular formula is C38H49N5O9S. The van der Waals surface area contributed by atoms with Crippen molar-refractivity contribution in [1.29, 1.82) is 0 Å². The van der Waals surface area contributed by atoms with Gasteiger partial charge in [0.05, 0.1) is 24.9 Å². The quantitative estimate of drug-likeness (QED) is 0.388. The number of benzene rings is 1. The van der Waals surface area contributed by atoms with Crippen molar-refractivity contribution < 1.29 is 41.9 Å². The minimum absolute atomic E-state index is 0.0478. The van der Waals surface area contributed by atoms with E-state index in [1.54, 1.807) is 4.90 Å². The van der Waals surface area contributed by atoms with Gasteiger partial charge in [-0.25, -0.2) is 18.0 Å². The van der Waals surface area contributed by atoms with Crippen LogP contribution in [0, 0.1) is 5.92 Å². The van der Waals surface area contributed by atoms with Crippen LogP contribution in [0.1, 0.15) is 100 Å². The molecule has 0 spiro atoms. The average molecular weight is 752 g/mol. The molecule has 3 N–H and O–H groups in total. The van der Waals surface area contributed by atoms with E-state index in [1.807, 2.05) is 30.4 Å². The number of ether oxygens (including phenoxy) is 2. The van der Waals surface area contributed by atoms with Crippen molar-refractivity contribution in [2.45, 2.75) is 126 Å². The Balaban J connectivity index is 1.16. The van der Waals surface area contributed by atoms with Gasteiger partial charge in [-0.1, -0.05) is 55.3 Å². The molecule has 14 nitrogen and oxygen atoms in total. The zero-order valence-electron chi connectivity index (χ0n) is 29.9. The predicted octanol–water partition coefficient (Wildman–Crippen LogP) is 3.79. The van der Waals surface area contributed by atoms with E-state index in [4.69, 9.17) is 9.47 Å². The minimum atomic E-state index is -3.89. The average Bonchev–Trinajstić information content (AvgIpc) is 4.01. The monoisotopic (exact) mass is 751 g/mol. The molecule has 2 saturated carbocycles. The van der Waals surface area contributed by atoms with Crippen LogP contribution in [0.2, 0.25) is 0 Å². The molecule has 0 radical (unpaired) electrons. The van der Waals surface area contributed by atoms with Gasteiger partial charge in [-0.2, -0.15) is 0 Å². The van der Waals surface area contributed by atoms with Gasteiger partial charge >= 0.3 is 12.2 Å². The summed E-state index contributed by atoms with van der Waals surface area (Å²) in [6, 6.07) is 3.80. The molecular weight excluding hydrogens is 703 g/mol. The van der Waals surface area contributed by atoms with E-state index in [2.05, 4.69) is 27.5 Å². The molecule has 0 unspecified atom stereocenters. The lowest BCUT2D eigenvalue weighted by Gasteiger charge is -2.29. The summed E-state index contributed by atoms with van der Waals surface area (Å²) < 4.78 is 39.2. The maximum Gasteiger partial charge on any atom is 0.410 e. The number of sulfonamides is 1. The molecule has 1 saturated heterocycles. The van der Waals surface area contributed by atoms with Gasteiger partial charge in [-0.15, -0.1) is 0 Å². The maximum atomic E-state index is 14.4. The second-order valence-corrected chi connectivity index (χ2v) is 17.1. The Bertz CT molecular complexity index is 1790. The van der Waals surface area contributed by atoms with E-state index in [0.717, 1.165) is 48.8 Å². The van der Waals surface area contributed by atoms with E-state index >= 15 is 0 Å². The Labute approximate surface area is 310 Å². The molecule has 2 aliphatic carbocycles. The van der Waals surface area contributed by atoms with Gasteiger partial charge in [-0.3, -0.25) is 24.0 Å². The molecule has 5 amide bonds. The first-order chi connectivity index (χ1) is 25.5. The van der Waals surface area contributed by atoms with E-state index in [-0.39, 0.29) is 26.0 Å². The predicted molar refractivity (Wildman–Crippen MR) is 193 cm³/mol. The standard InChI is InChI=1S/C38H49N5O9S/c44-33-32-20-28-23-43(32)34(45)31(16-9-5-1-4-8-15-27-21-38(27,40-33)35(46)41-53(49,50)29-17-18-29)39-36(47)51-19-10-6-2-3-7-12-25-13-11-14-26-22-42(24-30(25)26)37(48)52-28/h7-8,11-15,27-29,31-32H,1-6,9-10,16-24H2,(H,39,47)(H,40,44)(H,41,46)/t27-,28-,31+,32+,38-/m1/s1. The third-order valence-corrected chi connectivity index (χ3v) is 13.0. The highest BCUT2D eigenvalue weighted by Gasteiger charge is 2.62. The summed E-state index contributed by atoms with van der Waals surface area (Å²) >= 11 is 0. The molecule has 5 atom stereocenters. The van der Waals surface area contributed by atoms with Crippen LogP contribution in [0.5, 0.6) is 0 Å². The number of carbonyl (C=O) groups is 5. The molecule has 0 aromatic heterocycles. The fraction of sp³-hybridized carbons (Fsp3) is 0.605. The first kappa shape index (κ1) is 36.9. The second-order valence-electron chi connectivity index (χ2n) is 15.2. The number of rotatable bonds is 3. The summed E-state index contributed by atoms with van der Waals surface area (Å²) in [4.78, 5) is 71.8. The normalized spacial score (nSPS) is 30.1. The highest BCUT2D eigenvalue weighted by atomic mass is 32.2. The van der Waals surface area contributed by atoms with E-state index < -0.39 is 74.8 Å². The number of alkyl carbamates (subject to hydrolysis) is 1. The van der Waals surface area contributed by atoms with E-state index in [0.29, 0.717) is 51.6 Å². The van der Waals surface area contributed by atoms with Gasteiger partial charge in [0.1, 0.15) is 23.7 Å². The number of cyclic esters (lactones) is 1.